The van der Waals surface area contributed by atoms with Gasteiger partial charge in [-0.1, -0.05) is 27.2 Å². The van der Waals surface area contributed by atoms with Gasteiger partial charge in [0.1, 0.15) is 0 Å². The highest BCUT2D eigenvalue weighted by molar-refractivity contribution is 6.70. The van der Waals surface area contributed by atoms with E-state index in [9.17, 15) is 0 Å². The van der Waals surface area contributed by atoms with E-state index >= 15 is 0 Å². The minimum atomic E-state index is -2.04. The average molecular weight is 203 g/mol. The fraction of sp³-hybridized carbons (Fsp3) is 1.00. The molecule has 0 saturated heterocycles. The van der Waals surface area contributed by atoms with Crippen molar-refractivity contribution in [2.45, 2.75) is 46.1 Å². The molecule has 4 N–H and O–H groups in total. The van der Waals surface area contributed by atoms with Gasteiger partial charge in [-0.2, -0.15) is 0 Å². The van der Waals surface area contributed by atoms with Gasteiger partial charge in [0.15, 0.2) is 0 Å². The second kappa shape index (κ2) is 6.54. The summed E-state index contributed by atoms with van der Waals surface area (Å²) < 4.78 is 2.33. The van der Waals surface area contributed by atoms with Gasteiger partial charge in [0.05, 0.1) is 0 Å². The highest BCUT2D eigenvalue weighted by atomic mass is 28.4. The lowest BCUT2D eigenvalue weighted by molar-refractivity contribution is 0.409. The molecular formula is C9H25N3Si. The zero-order valence-corrected chi connectivity index (χ0v) is 10.3. The van der Waals surface area contributed by atoms with Crippen LogP contribution >= 0.6 is 0 Å². The van der Waals surface area contributed by atoms with Gasteiger partial charge in [-0.15, -0.1) is 0 Å². The van der Waals surface area contributed by atoms with E-state index in [1.807, 2.05) is 0 Å². The fourth-order valence-corrected chi connectivity index (χ4v) is 4.02. The Kier molecular flexibility index (Phi) is 6.58. The van der Waals surface area contributed by atoms with Gasteiger partial charge in [0, 0.05) is 0 Å². The van der Waals surface area contributed by atoms with E-state index in [4.69, 9.17) is 10.8 Å². The zero-order valence-electron chi connectivity index (χ0n) is 9.34. The summed E-state index contributed by atoms with van der Waals surface area (Å²) in [6.45, 7) is 8.63. The predicted octanol–water partition coefficient (Wildman–Crippen LogP) is 1.37. The van der Waals surface area contributed by atoms with Crippen LogP contribution in [0.4, 0.5) is 0 Å². The maximum atomic E-state index is 6.19. The summed E-state index contributed by atoms with van der Waals surface area (Å²) in [4.78, 5) is 0. The number of nitrogens with zero attached hydrogens (tertiary/aromatic N) is 1. The second-order valence-electron chi connectivity index (χ2n) is 3.73. The monoisotopic (exact) mass is 203 g/mol. The van der Waals surface area contributed by atoms with E-state index in [2.05, 4.69) is 25.3 Å². The number of rotatable bonds is 7. The molecule has 0 heterocycles. The van der Waals surface area contributed by atoms with Crippen LogP contribution in [0.2, 0.25) is 6.04 Å². The number of nitrogens with two attached hydrogens (primary N) is 2. The molecule has 0 aliphatic rings. The molecule has 0 unspecified atom stereocenters. The highest BCUT2D eigenvalue weighted by Crippen LogP contribution is 2.07. The van der Waals surface area contributed by atoms with Crippen molar-refractivity contribution in [3.05, 3.63) is 0 Å². The average Bonchev–Trinajstić information content (AvgIpc) is 2.04. The molecule has 0 aromatic heterocycles. The lowest BCUT2D eigenvalue weighted by atomic mass is 10.4. The molecule has 0 aromatic rings. The molecule has 13 heavy (non-hydrogen) atoms. The third-order valence-electron chi connectivity index (χ3n) is 2.23. The van der Waals surface area contributed by atoms with Gasteiger partial charge < -0.3 is 10.8 Å². The summed E-state index contributed by atoms with van der Waals surface area (Å²) in [6.07, 6.45) is 3.39. The van der Waals surface area contributed by atoms with Gasteiger partial charge in [-0.05, 0) is 32.0 Å². The molecule has 0 rings (SSSR count). The molecule has 80 valence electrons. The van der Waals surface area contributed by atoms with Crippen molar-refractivity contribution in [1.82, 2.24) is 4.57 Å². The largest absolute Gasteiger partial charge is 0.327 e. The normalized spacial score (nSPS) is 12.5. The molecular weight excluding hydrogens is 178 g/mol. The first-order valence-electron chi connectivity index (χ1n) is 5.41. The predicted molar refractivity (Wildman–Crippen MR) is 61.4 cm³/mol. The molecule has 0 fully saturated rings. The molecule has 0 bridgehead atoms. The smallest absolute Gasteiger partial charge is 0.278 e. The Morgan fingerprint density at radius 2 is 1.38 bits per heavy atom. The lowest BCUT2D eigenvalue weighted by Crippen LogP contribution is -2.69. The minimum Gasteiger partial charge on any atom is -0.327 e. The fourth-order valence-electron chi connectivity index (χ4n) is 1.63. The minimum absolute atomic E-state index is 1.01. The molecule has 3 nitrogen and oxygen atoms in total. The molecule has 0 saturated carbocycles. The van der Waals surface area contributed by atoms with Gasteiger partial charge in [0.25, 0.3) is 8.56 Å². The summed E-state index contributed by atoms with van der Waals surface area (Å²) in [5.41, 5.74) is 0. The van der Waals surface area contributed by atoms with E-state index in [0.717, 1.165) is 38.4 Å². The van der Waals surface area contributed by atoms with E-state index in [0.29, 0.717) is 0 Å². The Hall–Kier alpha value is 0.0969. The Morgan fingerprint density at radius 3 is 1.69 bits per heavy atom. The quantitative estimate of drug-likeness (QED) is 0.615. The Labute approximate surface area is 83.7 Å². The third-order valence-corrected chi connectivity index (χ3v) is 5.15. The van der Waals surface area contributed by atoms with Gasteiger partial charge >= 0.3 is 0 Å². The van der Waals surface area contributed by atoms with Crippen molar-refractivity contribution >= 4 is 8.56 Å². The van der Waals surface area contributed by atoms with Crippen LogP contribution < -0.4 is 10.8 Å². The van der Waals surface area contributed by atoms with Crippen LogP contribution in [0, 0.1) is 0 Å². The van der Waals surface area contributed by atoms with Crippen molar-refractivity contribution in [2.75, 3.05) is 13.1 Å². The summed E-state index contributed by atoms with van der Waals surface area (Å²) in [6, 6.07) is 1.01. The molecule has 0 atom stereocenters. The summed E-state index contributed by atoms with van der Waals surface area (Å²) in [5, 5.41) is 12.4. The van der Waals surface area contributed by atoms with E-state index < -0.39 is 8.56 Å². The summed E-state index contributed by atoms with van der Waals surface area (Å²) in [5.74, 6) is 0. The zero-order chi connectivity index (χ0) is 10.3. The topological polar surface area (TPSA) is 55.3 Å². The summed E-state index contributed by atoms with van der Waals surface area (Å²) in [7, 11) is -2.04. The SMILES string of the molecule is CCCN(CCC)[Si](N)(N)CCC. The van der Waals surface area contributed by atoms with Crippen molar-refractivity contribution < 1.29 is 0 Å². The molecule has 0 aliphatic heterocycles. The summed E-state index contributed by atoms with van der Waals surface area (Å²) >= 11 is 0. The Morgan fingerprint density at radius 1 is 0.923 bits per heavy atom. The Balaban J connectivity index is 4.13. The van der Waals surface area contributed by atoms with Crippen LogP contribution in [-0.4, -0.2) is 26.2 Å². The Bertz CT molecular complexity index is 122. The van der Waals surface area contributed by atoms with Crippen LogP contribution in [0.1, 0.15) is 40.0 Å². The maximum Gasteiger partial charge on any atom is 0.278 e. The third kappa shape index (κ3) is 4.76. The molecule has 0 aliphatic carbocycles. The molecule has 0 spiro atoms. The van der Waals surface area contributed by atoms with Crippen molar-refractivity contribution in [3.63, 3.8) is 0 Å². The van der Waals surface area contributed by atoms with E-state index in [1.165, 1.54) is 0 Å². The van der Waals surface area contributed by atoms with E-state index in [1.54, 1.807) is 0 Å². The first-order chi connectivity index (χ1) is 6.08. The van der Waals surface area contributed by atoms with Gasteiger partial charge in [0.2, 0.25) is 0 Å². The van der Waals surface area contributed by atoms with E-state index in [-0.39, 0.29) is 0 Å². The van der Waals surface area contributed by atoms with Crippen LogP contribution in [0.25, 0.3) is 0 Å². The van der Waals surface area contributed by atoms with Gasteiger partial charge in [-0.3, -0.25) is 4.57 Å². The maximum absolute atomic E-state index is 6.19. The van der Waals surface area contributed by atoms with Crippen molar-refractivity contribution in [3.8, 4) is 0 Å². The van der Waals surface area contributed by atoms with Crippen LogP contribution in [0.3, 0.4) is 0 Å². The molecule has 4 heteroatoms. The molecule has 0 amide bonds. The number of hydrogen-bond acceptors (Lipinski definition) is 3. The van der Waals surface area contributed by atoms with Crippen LogP contribution in [0.5, 0.6) is 0 Å². The van der Waals surface area contributed by atoms with Crippen molar-refractivity contribution in [2.24, 2.45) is 10.8 Å². The van der Waals surface area contributed by atoms with Crippen molar-refractivity contribution in [1.29, 1.82) is 0 Å². The second-order valence-corrected chi connectivity index (χ2v) is 6.84. The van der Waals surface area contributed by atoms with Crippen LogP contribution in [-0.2, 0) is 0 Å². The molecule has 0 radical (unpaired) electrons. The molecule has 0 aromatic carbocycles. The standard InChI is InChI=1S/C9H25N3Si/c1-4-7-12(8-5-2)13(10,11)9-6-3/h4-11H2,1-3H3. The highest BCUT2D eigenvalue weighted by Gasteiger charge is 2.29. The van der Waals surface area contributed by atoms with Gasteiger partial charge in [-0.25, -0.2) is 0 Å². The number of hydrogen-bond donors (Lipinski definition) is 2. The first kappa shape index (κ1) is 13.1. The van der Waals surface area contributed by atoms with Crippen LogP contribution in [0.15, 0.2) is 0 Å². The lowest BCUT2D eigenvalue weighted by Gasteiger charge is -2.34. The first-order valence-corrected chi connectivity index (χ1v) is 7.72.